The summed E-state index contributed by atoms with van der Waals surface area (Å²) in [6, 6.07) is 7.48. The molecule has 2 rings (SSSR count). The number of halogens is 1. The van der Waals surface area contributed by atoms with E-state index in [4.69, 9.17) is 5.73 Å². The molecule has 0 saturated heterocycles. The van der Waals surface area contributed by atoms with Crippen LogP contribution in [-0.4, -0.2) is 10.8 Å². The Morgan fingerprint density at radius 1 is 1.29 bits per heavy atom. The standard InChI is InChI=1S/C13H11FN2O/c1-8-2-3-9(6-11(8)14)13(17)12-5-4-10(15)7-16-12/h2-7H,15H2,1H3. The second-order valence-electron chi connectivity index (χ2n) is 3.77. The minimum atomic E-state index is -0.397. The molecule has 0 bridgehead atoms. The Labute approximate surface area is 98.1 Å². The number of benzene rings is 1. The first kappa shape index (κ1) is 11.3. The third-order valence-electron chi connectivity index (χ3n) is 2.45. The minimum Gasteiger partial charge on any atom is -0.397 e. The number of hydrogen-bond acceptors (Lipinski definition) is 3. The van der Waals surface area contributed by atoms with Gasteiger partial charge in [0.05, 0.1) is 11.9 Å². The van der Waals surface area contributed by atoms with Crippen molar-refractivity contribution in [3.63, 3.8) is 0 Å². The predicted molar refractivity (Wildman–Crippen MR) is 63.2 cm³/mol. The van der Waals surface area contributed by atoms with Crippen molar-refractivity contribution in [3.05, 3.63) is 59.2 Å². The minimum absolute atomic E-state index is 0.252. The molecule has 0 atom stereocenters. The van der Waals surface area contributed by atoms with Crippen molar-refractivity contribution in [3.8, 4) is 0 Å². The number of aromatic nitrogens is 1. The molecule has 17 heavy (non-hydrogen) atoms. The van der Waals surface area contributed by atoms with Crippen LogP contribution in [0.1, 0.15) is 21.6 Å². The summed E-state index contributed by atoms with van der Waals surface area (Å²) in [7, 11) is 0. The summed E-state index contributed by atoms with van der Waals surface area (Å²) < 4.78 is 13.3. The maximum atomic E-state index is 13.3. The molecule has 86 valence electrons. The third kappa shape index (κ3) is 2.30. The topological polar surface area (TPSA) is 56.0 Å². The number of anilines is 1. The maximum Gasteiger partial charge on any atom is 0.211 e. The van der Waals surface area contributed by atoms with E-state index in [2.05, 4.69) is 4.98 Å². The predicted octanol–water partition coefficient (Wildman–Crippen LogP) is 2.34. The van der Waals surface area contributed by atoms with Gasteiger partial charge in [-0.3, -0.25) is 9.78 Å². The van der Waals surface area contributed by atoms with Gasteiger partial charge in [-0.25, -0.2) is 4.39 Å². The van der Waals surface area contributed by atoms with Crippen molar-refractivity contribution in [1.82, 2.24) is 4.98 Å². The van der Waals surface area contributed by atoms with E-state index in [1.54, 1.807) is 25.1 Å². The first-order chi connectivity index (χ1) is 8.08. The number of carbonyl (C=O) groups is 1. The van der Waals surface area contributed by atoms with Gasteiger partial charge in [0.25, 0.3) is 0 Å². The number of ketones is 1. The van der Waals surface area contributed by atoms with Gasteiger partial charge in [-0.2, -0.15) is 0 Å². The molecule has 0 aliphatic carbocycles. The van der Waals surface area contributed by atoms with Crippen LogP contribution in [0.2, 0.25) is 0 Å². The lowest BCUT2D eigenvalue weighted by molar-refractivity contribution is 0.103. The van der Waals surface area contributed by atoms with Gasteiger partial charge in [0.2, 0.25) is 5.78 Å². The van der Waals surface area contributed by atoms with Crippen LogP contribution >= 0.6 is 0 Å². The van der Waals surface area contributed by atoms with Crippen LogP contribution in [0.15, 0.2) is 36.5 Å². The summed E-state index contributed by atoms with van der Waals surface area (Å²) in [5.41, 5.74) is 7.00. The lowest BCUT2D eigenvalue weighted by Crippen LogP contribution is -2.05. The zero-order chi connectivity index (χ0) is 12.4. The van der Waals surface area contributed by atoms with Crippen molar-refractivity contribution in [2.24, 2.45) is 0 Å². The summed E-state index contributed by atoms with van der Waals surface area (Å²) in [6.45, 7) is 1.64. The Hall–Kier alpha value is -2.23. The van der Waals surface area contributed by atoms with Crippen LogP contribution in [0.4, 0.5) is 10.1 Å². The van der Waals surface area contributed by atoms with E-state index in [1.165, 1.54) is 18.3 Å². The summed E-state index contributed by atoms with van der Waals surface area (Å²) >= 11 is 0. The number of nitrogens with zero attached hydrogens (tertiary/aromatic N) is 1. The van der Waals surface area contributed by atoms with E-state index in [1.807, 2.05) is 0 Å². The zero-order valence-electron chi connectivity index (χ0n) is 9.27. The highest BCUT2D eigenvalue weighted by Crippen LogP contribution is 2.13. The molecule has 0 amide bonds. The fourth-order valence-corrected chi connectivity index (χ4v) is 1.42. The Morgan fingerprint density at radius 2 is 2.06 bits per heavy atom. The van der Waals surface area contributed by atoms with Gasteiger partial charge in [-0.1, -0.05) is 12.1 Å². The maximum absolute atomic E-state index is 13.3. The number of pyridine rings is 1. The van der Waals surface area contributed by atoms with Gasteiger partial charge in [0.1, 0.15) is 11.5 Å². The second kappa shape index (κ2) is 4.33. The molecule has 0 aliphatic heterocycles. The Balaban J connectivity index is 2.37. The summed E-state index contributed by atoms with van der Waals surface area (Å²) in [4.78, 5) is 15.9. The highest BCUT2D eigenvalue weighted by atomic mass is 19.1. The van der Waals surface area contributed by atoms with Crippen LogP contribution in [0.25, 0.3) is 0 Å². The Bertz CT molecular complexity index is 564. The molecule has 2 N–H and O–H groups in total. The van der Waals surface area contributed by atoms with Gasteiger partial charge >= 0.3 is 0 Å². The molecule has 0 aliphatic rings. The molecule has 0 fully saturated rings. The van der Waals surface area contributed by atoms with Gasteiger partial charge in [-0.15, -0.1) is 0 Å². The van der Waals surface area contributed by atoms with Crippen molar-refractivity contribution in [2.75, 3.05) is 5.73 Å². The molecule has 1 heterocycles. The van der Waals surface area contributed by atoms with E-state index in [-0.39, 0.29) is 17.0 Å². The van der Waals surface area contributed by atoms with Gasteiger partial charge in [0.15, 0.2) is 0 Å². The fraction of sp³-hybridized carbons (Fsp3) is 0.0769. The second-order valence-corrected chi connectivity index (χ2v) is 3.77. The quantitative estimate of drug-likeness (QED) is 0.805. The summed E-state index contributed by atoms with van der Waals surface area (Å²) in [5, 5.41) is 0. The number of carbonyl (C=O) groups excluding carboxylic acids is 1. The van der Waals surface area contributed by atoms with Gasteiger partial charge < -0.3 is 5.73 Å². The van der Waals surface area contributed by atoms with Crippen molar-refractivity contribution in [2.45, 2.75) is 6.92 Å². The summed E-state index contributed by atoms with van der Waals surface area (Å²) in [6.07, 6.45) is 1.40. The molecule has 0 unspecified atom stereocenters. The van der Waals surface area contributed by atoms with E-state index in [9.17, 15) is 9.18 Å². The lowest BCUT2D eigenvalue weighted by Gasteiger charge is -2.02. The van der Waals surface area contributed by atoms with Crippen LogP contribution in [-0.2, 0) is 0 Å². The van der Waals surface area contributed by atoms with E-state index >= 15 is 0 Å². The average molecular weight is 230 g/mol. The molecular formula is C13H11FN2O. The number of nitrogen functional groups attached to an aromatic ring is 1. The van der Waals surface area contributed by atoms with Crippen molar-refractivity contribution >= 4 is 11.5 Å². The van der Waals surface area contributed by atoms with Crippen molar-refractivity contribution < 1.29 is 9.18 Å². The molecular weight excluding hydrogens is 219 g/mol. The van der Waals surface area contributed by atoms with Crippen molar-refractivity contribution in [1.29, 1.82) is 0 Å². The number of nitrogens with two attached hydrogens (primary N) is 1. The first-order valence-electron chi connectivity index (χ1n) is 5.10. The summed E-state index contributed by atoms with van der Waals surface area (Å²) in [5.74, 6) is -0.713. The Morgan fingerprint density at radius 3 is 2.65 bits per heavy atom. The highest BCUT2D eigenvalue weighted by Gasteiger charge is 2.11. The van der Waals surface area contributed by atoms with Crippen LogP contribution in [0.3, 0.4) is 0 Å². The molecule has 4 heteroatoms. The zero-order valence-corrected chi connectivity index (χ0v) is 9.27. The molecule has 1 aromatic carbocycles. The fourth-order valence-electron chi connectivity index (χ4n) is 1.42. The molecule has 0 spiro atoms. The molecule has 0 radical (unpaired) electrons. The number of rotatable bonds is 2. The van der Waals surface area contributed by atoms with Crippen LogP contribution in [0.5, 0.6) is 0 Å². The van der Waals surface area contributed by atoms with E-state index < -0.39 is 5.82 Å². The third-order valence-corrected chi connectivity index (χ3v) is 2.45. The average Bonchev–Trinajstić information content (AvgIpc) is 2.33. The first-order valence-corrected chi connectivity index (χ1v) is 5.10. The molecule has 0 saturated carbocycles. The molecule has 3 nitrogen and oxygen atoms in total. The van der Waals surface area contributed by atoms with Crippen LogP contribution in [0, 0.1) is 12.7 Å². The smallest absolute Gasteiger partial charge is 0.211 e. The van der Waals surface area contributed by atoms with E-state index in [0.717, 1.165) is 0 Å². The van der Waals surface area contributed by atoms with Crippen LogP contribution < -0.4 is 5.73 Å². The van der Waals surface area contributed by atoms with Gasteiger partial charge in [0, 0.05) is 5.56 Å². The number of hydrogen-bond donors (Lipinski definition) is 1. The highest BCUT2D eigenvalue weighted by molar-refractivity contribution is 6.07. The normalized spacial score (nSPS) is 10.2. The van der Waals surface area contributed by atoms with Gasteiger partial charge in [-0.05, 0) is 30.7 Å². The SMILES string of the molecule is Cc1ccc(C(=O)c2ccc(N)cn2)cc1F. The van der Waals surface area contributed by atoms with E-state index in [0.29, 0.717) is 11.3 Å². The number of aryl methyl sites for hydroxylation is 1. The molecule has 2 aromatic rings. The Kier molecular flexibility index (Phi) is 2.87. The lowest BCUT2D eigenvalue weighted by atomic mass is 10.1. The monoisotopic (exact) mass is 230 g/mol. The largest absolute Gasteiger partial charge is 0.397 e. The molecule has 1 aromatic heterocycles.